The molecule has 3 heterocycles. The van der Waals surface area contributed by atoms with Crippen molar-refractivity contribution in [2.24, 2.45) is 0 Å². The molecular weight excluding hydrogens is 504 g/mol. The number of carbonyl (C=O) groups excluding carboxylic acids is 2. The van der Waals surface area contributed by atoms with Gasteiger partial charge in [0.25, 0.3) is 11.8 Å². The van der Waals surface area contributed by atoms with E-state index in [0.29, 0.717) is 44.7 Å². The zero-order valence-corrected chi connectivity index (χ0v) is 19.6. The summed E-state index contributed by atoms with van der Waals surface area (Å²) >= 11 is 10.8. The molecule has 0 aliphatic carbocycles. The number of carbonyl (C=O) groups is 2. The molecule has 0 radical (unpaired) electrons. The summed E-state index contributed by atoms with van der Waals surface area (Å²) in [5.74, 6) is 0.340. The molecule has 4 rings (SSSR count). The fourth-order valence-corrected chi connectivity index (χ4v) is 4.70. The van der Waals surface area contributed by atoms with Crippen LogP contribution >= 0.6 is 38.9 Å². The highest BCUT2D eigenvalue weighted by atomic mass is 79.9. The number of hydrogen-bond donors (Lipinski definition) is 2. The zero-order valence-electron chi connectivity index (χ0n) is 16.4. The van der Waals surface area contributed by atoms with Gasteiger partial charge in [-0.25, -0.2) is 0 Å². The first-order chi connectivity index (χ1) is 15.0. The summed E-state index contributed by atoms with van der Waals surface area (Å²) in [4.78, 5) is 26.1. The van der Waals surface area contributed by atoms with Crippen molar-refractivity contribution in [2.75, 3.05) is 19.0 Å². The Bertz CT molecular complexity index is 1170. The number of methoxy groups -OCH3 is 1. The van der Waals surface area contributed by atoms with Crippen LogP contribution in [-0.2, 0) is 11.3 Å². The van der Waals surface area contributed by atoms with E-state index in [9.17, 15) is 9.59 Å². The second-order valence-electron chi connectivity index (χ2n) is 6.76. The molecule has 0 saturated heterocycles. The van der Waals surface area contributed by atoms with Crippen molar-refractivity contribution in [3.8, 4) is 5.75 Å². The molecule has 1 aliphatic rings. The van der Waals surface area contributed by atoms with Gasteiger partial charge in [0.15, 0.2) is 0 Å². The first-order valence-electron chi connectivity index (χ1n) is 9.37. The van der Waals surface area contributed by atoms with E-state index in [1.165, 1.54) is 23.1 Å². The van der Waals surface area contributed by atoms with Gasteiger partial charge in [-0.1, -0.05) is 29.8 Å². The SMILES string of the molecule is COc1ccccc1C(=O)n1nc(C2C=C(Br)C(=O)NC2)cc1NCc1ccc(Cl)s1. The van der Waals surface area contributed by atoms with Crippen molar-refractivity contribution in [1.29, 1.82) is 0 Å². The average Bonchev–Trinajstić information content (AvgIpc) is 3.39. The first kappa shape index (κ1) is 21.6. The molecular formula is C21H18BrClN4O3S. The van der Waals surface area contributed by atoms with Gasteiger partial charge >= 0.3 is 0 Å². The quantitative estimate of drug-likeness (QED) is 0.502. The Morgan fingerprint density at radius 1 is 1.39 bits per heavy atom. The minimum atomic E-state index is -0.321. The molecule has 2 aromatic heterocycles. The van der Waals surface area contributed by atoms with Gasteiger partial charge in [0, 0.05) is 23.4 Å². The zero-order chi connectivity index (χ0) is 22.0. The Balaban J connectivity index is 1.70. The third-order valence-corrected chi connectivity index (χ3v) is 6.61. The van der Waals surface area contributed by atoms with Crippen LogP contribution < -0.4 is 15.4 Å². The molecule has 1 aromatic carbocycles. The Morgan fingerprint density at radius 2 is 2.19 bits per heavy atom. The summed E-state index contributed by atoms with van der Waals surface area (Å²) in [7, 11) is 1.52. The molecule has 0 bridgehead atoms. The van der Waals surface area contributed by atoms with E-state index in [-0.39, 0.29) is 17.7 Å². The largest absolute Gasteiger partial charge is 0.496 e. The predicted molar refractivity (Wildman–Crippen MR) is 124 cm³/mol. The normalized spacial score (nSPS) is 15.9. The topological polar surface area (TPSA) is 85.2 Å². The summed E-state index contributed by atoms with van der Waals surface area (Å²) in [5.41, 5.74) is 1.06. The van der Waals surface area contributed by atoms with Crippen LogP contribution in [-0.4, -0.2) is 35.2 Å². The van der Waals surface area contributed by atoms with E-state index in [4.69, 9.17) is 16.3 Å². The number of anilines is 1. The van der Waals surface area contributed by atoms with Crippen molar-refractivity contribution in [2.45, 2.75) is 12.5 Å². The van der Waals surface area contributed by atoms with Gasteiger partial charge in [-0.15, -0.1) is 11.3 Å². The number of aromatic nitrogens is 2. The molecule has 10 heteroatoms. The fourth-order valence-electron chi connectivity index (χ4n) is 3.21. The summed E-state index contributed by atoms with van der Waals surface area (Å²) in [5, 5.41) is 10.7. The van der Waals surface area contributed by atoms with Crippen LogP contribution in [0.3, 0.4) is 0 Å². The van der Waals surface area contributed by atoms with Gasteiger partial charge in [-0.3, -0.25) is 9.59 Å². The number of halogens is 2. The average molecular weight is 522 g/mol. The number of para-hydroxylation sites is 1. The fraction of sp³-hybridized carbons (Fsp3) is 0.190. The highest BCUT2D eigenvalue weighted by Gasteiger charge is 2.25. The first-order valence-corrected chi connectivity index (χ1v) is 11.4. The van der Waals surface area contributed by atoms with Gasteiger partial charge in [0.1, 0.15) is 11.6 Å². The molecule has 0 spiro atoms. The van der Waals surface area contributed by atoms with E-state index < -0.39 is 0 Å². The number of amides is 1. The molecule has 1 aliphatic heterocycles. The molecule has 160 valence electrons. The van der Waals surface area contributed by atoms with Crippen LogP contribution in [0.5, 0.6) is 5.75 Å². The van der Waals surface area contributed by atoms with Crippen LogP contribution in [0.1, 0.15) is 26.8 Å². The minimum Gasteiger partial charge on any atom is -0.496 e. The maximum absolute atomic E-state index is 13.3. The van der Waals surface area contributed by atoms with Crippen LogP contribution in [0.15, 0.2) is 53.0 Å². The van der Waals surface area contributed by atoms with Gasteiger partial charge in [-0.2, -0.15) is 9.78 Å². The standard InChI is InChI=1S/C21H18BrClN4O3S/c1-30-17-5-3-2-4-14(17)21(29)27-19(24-11-13-6-7-18(23)31-13)9-16(26-27)12-8-15(22)20(28)25-10-12/h2-9,12,24H,10-11H2,1H3,(H,25,28). The second kappa shape index (κ2) is 9.25. The van der Waals surface area contributed by atoms with Crippen molar-refractivity contribution in [3.05, 3.63) is 73.5 Å². The monoisotopic (exact) mass is 520 g/mol. The van der Waals surface area contributed by atoms with Gasteiger partial charge < -0.3 is 15.4 Å². The van der Waals surface area contributed by atoms with Crippen LogP contribution in [0.25, 0.3) is 0 Å². The number of ether oxygens (including phenoxy) is 1. The highest BCUT2D eigenvalue weighted by Crippen LogP contribution is 2.28. The van der Waals surface area contributed by atoms with E-state index in [2.05, 4.69) is 31.7 Å². The van der Waals surface area contributed by atoms with Crippen molar-refractivity contribution in [3.63, 3.8) is 0 Å². The van der Waals surface area contributed by atoms with Gasteiger partial charge in [-0.05, 0) is 40.2 Å². The van der Waals surface area contributed by atoms with Gasteiger partial charge in [0.05, 0.1) is 33.7 Å². The number of thiophene rings is 1. The lowest BCUT2D eigenvalue weighted by Gasteiger charge is -2.17. The van der Waals surface area contributed by atoms with Crippen LogP contribution in [0, 0.1) is 0 Å². The number of hydrogen-bond acceptors (Lipinski definition) is 6. The Hall–Kier alpha value is -2.62. The third-order valence-electron chi connectivity index (χ3n) is 4.76. The van der Waals surface area contributed by atoms with E-state index in [0.717, 1.165) is 4.88 Å². The summed E-state index contributed by atoms with van der Waals surface area (Å²) < 4.78 is 7.82. The molecule has 3 aromatic rings. The molecule has 0 fully saturated rings. The maximum Gasteiger partial charge on any atom is 0.283 e. The van der Waals surface area contributed by atoms with E-state index >= 15 is 0 Å². The molecule has 2 N–H and O–H groups in total. The predicted octanol–water partition coefficient (Wildman–Crippen LogP) is 4.40. The summed E-state index contributed by atoms with van der Waals surface area (Å²) in [6.45, 7) is 0.885. The lowest BCUT2D eigenvalue weighted by atomic mass is 10.0. The summed E-state index contributed by atoms with van der Waals surface area (Å²) in [6.07, 6.45) is 1.79. The number of nitrogens with one attached hydrogen (secondary N) is 2. The molecule has 7 nitrogen and oxygen atoms in total. The number of rotatable bonds is 6. The number of benzene rings is 1. The smallest absolute Gasteiger partial charge is 0.283 e. The van der Waals surface area contributed by atoms with Crippen LogP contribution in [0.4, 0.5) is 5.82 Å². The lowest BCUT2D eigenvalue weighted by Crippen LogP contribution is -2.32. The maximum atomic E-state index is 13.3. The molecule has 31 heavy (non-hydrogen) atoms. The molecule has 1 unspecified atom stereocenters. The molecule has 1 atom stereocenters. The molecule has 0 saturated carbocycles. The van der Waals surface area contributed by atoms with Crippen molar-refractivity contribution in [1.82, 2.24) is 15.1 Å². The third kappa shape index (κ3) is 4.68. The Labute approximate surface area is 196 Å². The summed E-state index contributed by atoms with van der Waals surface area (Å²) in [6, 6.07) is 12.6. The van der Waals surface area contributed by atoms with Crippen molar-refractivity contribution >= 4 is 56.5 Å². The second-order valence-corrected chi connectivity index (χ2v) is 9.42. The molecule has 1 amide bonds. The minimum absolute atomic E-state index is 0.171. The van der Waals surface area contributed by atoms with E-state index in [1.54, 1.807) is 30.3 Å². The Morgan fingerprint density at radius 3 is 2.90 bits per heavy atom. The van der Waals surface area contributed by atoms with E-state index in [1.807, 2.05) is 18.2 Å². The van der Waals surface area contributed by atoms with Crippen molar-refractivity contribution < 1.29 is 14.3 Å². The van der Waals surface area contributed by atoms with Crippen LogP contribution in [0.2, 0.25) is 4.34 Å². The highest BCUT2D eigenvalue weighted by molar-refractivity contribution is 9.12. The van der Waals surface area contributed by atoms with Gasteiger partial charge in [0.2, 0.25) is 0 Å². The number of nitrogens with zero attached hydrogens (tertiary/aromatic N) is 2. The lowest BCUT2D eigenvalue weighted by molar-refractivity contribution is -0.117. The Kier molecular flexibility index (Phi) is 6.45.